The first-order valence-electron chi connectivity index (χ1n) is 11.0. The van der Waals surface area contributed by atoms with E-state index in [9.17, 15) is 0 Å². The van der Waals surface area contributed by atoms with Gasteiger partial charge in [0.2, 0.25) is 0 Å². The second-order valence-electron chi connectivity index (χ2n) is 9.01. The predicted octanol–water partition coefficient (Wildman–Crippen LogP) is 5.85. The topological polar surface area (TPSA) is 18.5 Å². The van der Waals surface area contributed by atoms with Crippen LogP contribution in [0.4, 0.5) is 0 Å². The van der Waals surface area contributed by atoms with E-state index in [0.29, 0.717) is 6.61 Å². The van der Waals surface area contributed by atoms with Gasteiger partial charge in [-0.2, -0.15) is 0 Å². The van der Waals surface area contributed by atoms with Crippen LogP contribution in [0.15, 0.2) is 42.5 Å². The molecule has 0 bridgehead atoms. The summed E-state index contributed by atoms with van der Waals surface area (Å²) >= 11 is 0. The Bertz CT molecular complexity index is 836. The van der Waals surface area contributed by atoms with Crippen molar-refractivity contribution in [2.24, 2.45) is 0 Å². The van der Waals surface area contributed by atoms with E-state index >= 15 is 0 Å². The van der Waals surface area contributed by atoms with Crippen LogP contribution in [0.5, 0.6) is 0 Å². The Morgan fingerprint density at radius 1 is 0.929 bits per heavy atom. The molecular formula is C25H33BO2. The number of hydrogen-bond acceptors (Lipinski definition) is 2. The van der Waals surface area contributed by atoms with Crippen LogP contribution in [0.25, 0.3) is 11.1 Å². The fourth-order valence-corrected chi connectivity index (χ4v) is 5.04. The summed E-state index contributed by atoms with van der Waals surface area (Å²) in [7, 11) is -0.311. The summed E-state index contributed by atoms with van der Waals surface area (Å²) in [5.41, 5.74) is 6.99. The minimum Gasteiger partial charge on any atom is -0.408 e. The molecule has 2 aliphatic rings. The molecule has 0 aliphatic heterocycles. The molecule has 2 nitrogen and oxygen atoms in total. The minimum absolute atomic E-state index is 0.178. The Labute approximate surface area is 170 Å². The van der Waals surface area contributed by atoms with E-state index < -0.39 is 0 Å². The quantitative estimate of drug-likeness (QED) is 0.589. The monoisotopic (exact) mass is 376 g/mol. The third kappa shape index (κ3) is 3.33. The summed E-state index contributed by atoms with van der Waals surface area (Å²) in [5, 5.41) is 0. The molecule has 3 heteroatoms. The number of benzene rings is 2. The first-order chi connectivity index (χ1) is 13.5. The molecular weight excluding hydrogens is 343 g/mol. The smallest absolute Gasteiger partial charge is 0.408 e. The van der Waals surface area contributed by atoms with E-state index in [4.69, 9.17) is 9.31 Å². The summed E-state index contributed by atoms with van der Waals surface area (Å²) < 4.78 is 12.5. The Morgan fingerprint density at radius 3 is 2.36 bits per heavy atom. The van der Waals surface area contributed by atoms with Crippen LogP contribution in [0.3, 0.4) is 0 Å². The Morgan fingerprint density at radius 2 is 1.64 bits per heavy atom. The van der Waals surface area contributed by atoms with Crippen molar-refractivity contribution in [3.63, 3.8) is 0 Å². The van der Waals surface area contributed by atoms with E-state index in [1.807, 2.05) is 6.92 Å². The summed E-state index contributed by atoms with van der Waals surface area (Å²) in [5.74, 6) is 0. The first kappa shape index (κ1) is 19.7. The highest BCUT2D eigenvalue weighted by Crippen LogP contribution is 2.55. The highest BCUT2D eigenvalue weighted by Gasteiger charge is 2.44. The molecule has 1 fully saturated rings. The lowest BCUT2D eigenvalue weighted by molar-refractivity contribution is 0.0706. The number of hydrogen-bond donors (Lipinski definition) is 0. The normalized spacial score (nSPS) is 17.4. The Hall–Kier alpha value is -1.58. The van der Waals surface area contributed by atoms with Crippen LogP contribution in [0.1, 0.15) is 77.3 Å². The zero-order valence-corrected chi connectivity index (χ0v) is 17.9. The Balaban J connectivity index is 1.79. The second kappa shape index (κ2) is 7.69. The maximum absolute atomic E-state index is 6.40. The summed E-state index contributed by atoms with van der Waals surface area (Å²) in [6.07, 6.45) is 7.44. The standard InChI is InChI=1S/C25H33BO2/c1-5-24(3,4)28-26(27-6-2)19-14-15-21-20-12-8-9-13-22(20)25(23(21)18-19)16-10-7-11-17-25/h8-9,12-15,18H,5-7,10-11,16-17H2,1-4H3. The van der Waals surface area contributed by atoms with Crippen molar-refractivity contribution in [3.8, 4) is 11.1 Å². The van der Waals surface area contributed by atoms with Gasteiger partial charge in [-0.05, 0) is 67.8 Å². The van der Waals surface area contributed by atoms with E-state index in [2.05, 4.69) is 63.2 Å². The molecule has 1 saturated carbocycles. The van der Waals surface area contributed by atoms with Crippen LogP contribution >= 0.6 is 0 Å². The molecule has 0 atom stereocenters. The van der Waals surface area contributed by atoms with Crippen molar-refractivity contribution < 1.29 is 9.31 Å². The van der Waals surface area contributed by atoms with Crippen molar-refractivity contribution in [1.82, 2.24) is 0 Å². The number of rotatable bonds is 6. The zero-order chi connectivity index (χ0) is 19.8. The minimum atomic E-state index is -0.311. The molecule has 4 rings (SSSR count). The largest absolute Gasteiger partial charge is 0.494 e. The molecule has 28 heavy (non-hydrogen) atoms. The maximum Gasteiger partial charge on any atom is 0.494 e. The van der Waals surface area contributed by atoms with E-state index in [1.165, 1.54) is 54.4 Å². The number of fused-ring (bicyclic) bond motifs is 5. The van der Waals surface area contributed by atoms with Crippen LogP contribution in [0, 0.1) is 0 Å². The average molecular weight is 376 g/mol. The molecule has 1 spiro atoms. The molecule has 0 aromatic heterocycles. The van der Waals surface area contributed by atoms with Gasteiger partial charge in [0.15, 0.2) is 0 Å². The van der Waals surface area contributed by atoms with Gasteiger partial charge in [0, 0.05) is 17.6 Å². The summed E-state index contributed by atoms with van der Waals surface area (Å²) in [4.78, 5) is 0. The van der Waals surface area contributed by atoms with Crippen molar-refractivity contribution in [1.29, 1.82) is 0 Å². The van der Waals surface area contributed by atoms with Crippen LogP contribution in [0.2, 0.25) is 0 Å². The van der Waals surface area contributed by atoms with Gasteiger partial charge in [0.05, 0.1) is 0 Å². The second-order valence-corrected chi connectivity index (χ2v) is 9.01. The summed E-state index contributed by atoms with van der Waals surface area (Å²) in [6, 6.07) is 16.0. The van der Waals surface area contributed by atoms with Gasteiger partial charge in [-0.3, -0.25) is 0 Å². The maximum atomic E-state index is 6.40. The van der Waals surface area contributed by atoms with Gasteiger partial charge in [-0.15, -0.1) is 0 Å². The molecule has 2 aromatic carbocycles. The van der Waals surface area contributed by atoms with Gasteiger partial charge in [0.25, 0.3) is 0 Å². The van der Waals surface area contributed by atoms with Gasteiger partial charge in [0.1, 0.15) is 0 Å². The first-order valence-corrected chi connectivity index (χ1v) is 11.0. The highest BCUT2D eigenvalue weighted by atomic mass is 16.6. The van der Waals surface area contributed by atoms with Crippen LogP contribution in [-0.4, -0.2) is 19.3 Å². The third-order valence-corrected chi connectivity index (χ3v) is 6.87. The van der Waals surface area contributed by atoms with Crippen molar-refractivity contribution in [2.45, 2.75) is 77.2 Å². The fourth-order valence-electron chi connectivity index (χ4n) is 5.04. The van der Waals surface area contributed by atoms with Crippen molar-refractivity contribution in [2.75, 3.05) is 6.61 Å². The van der Waals surface area contributed by atoms with E-state index in [-0.39, 0.29) is 18.1 Å². The van der Waals surface area contributed by atoms with E-state index in [0.717, 1.165) is 11.9 Å². The molecule has 0 N–H and O–H groups in total. The SMILES string of the molecule is CCOB(OC(C)(C)CC)c1ccc2c(c1)C1(CCCCC1)c1ccccc1-2. The van der Waals surface area contributed by atoms with Crippen LogP contribution < -0.4 is 5.46 Å². The molecule has 0 heterocycles. The third-order valence-electron chi connectivity index (χ3n) is 6.87. The molecule has 0 amide bonds. The molecule has 0 unspecified atom stereocenters. The lowest BCUT2D eigenvalue weighted by Gasteiger charge is -2.36. The molecule has 2 aliphatic carbocycles. The predicted molar refractivity (Wildman–Crippen MR) is 118 cm³/mol. The fraction of sp³-hybridized carbons (Fsp3) is 0.520. The molecule has 148 valence electrons. The van der Waals surface area contributed by atoms with Crippen molar-refractivity contribution >= 4 is 12.6 Å². The van der Waals surface area contributed by atoms with Gasteiger partial charge in [-0.25, -0.2) is 0 Å². The molecule has 0 saturated heterocycles. The lowest BCUT2D eigenvalue weighted by Crippen LogP contribution is -2.44. The highest BCUT2D eigenvalue weighted by molar-refractivity contribution is 6.61. The average Bonchev–Trinajstić information content (AvgIpc) is 2.98. The lowest BCUT2D eigenvalue weighted by atomic mass is 9.66. The van der Waals surface area contributed by atoms with Gasteiger partial charge in [-0.1, -0.05) is 68.7 Å². The van der Waals surface area contributed by atoms with Gasteiger partial charge >= 0.3 is 7.12 Å². The van der Waals surface area contributed by atoms with Crippen molar-refractivity contribution in [3.05, 3.63) is 53.6 Å². The zero-order valence-electron chi connectivity index (χ0n) is 17.9. The molecule has 0 radical (unpaired) electrons. The summed E-state index contributed by atoms with van der Waals surface area (Å²) in [6.45, 7) is 9.14. The van der Waals surface area contributed by atoms with E-state index in [1.54, 1.807) is 0 Å². The van der Waals surface area contributed by atoms with Crippen LogP contribution in [-0.2, 0) is 14.7 Å². The molecule has 2 aromatic rings. The van der Waals surface area contributed by atoms with Gasteiger partial charge < -0.3 is 9.31 Å². The Kier molecular flexibility index (Phi) is 5.42.